The summed E-state index contributed by atoms with van der Waals surface area (Å²) in [4.78, 5) is 14.7. The van der Waals surface area contributed by atoms with Gasteiger partial charge in [-0.1, -0.05) is 12.1 Å². The second-order valence-electron chi connectivity index (χ2n) is 7.86. The smallest absolute Gasteiger partial charge is 0.411 e. The number of hydrogen-bond donors (Lipinski definition) is 0. The van der Waals surface area contributed by atoms with Gasteiger partial charge in [0, 0.05) is 10.8 Å². The first-order chi connectivity index (χ1) is 11.0. The molecule has 5 heteroatoms. The van der Waals surface area contributed by atoms with E-state index < -0.39 is 5.60 Å². The SMILES string of the molecule is CSC(C)(C)[C@H]1CC[C@@H](c2cccc(F)c2)N1C(=O)OC(C)(C)C. The van der Waals surface area contributed by atoms with E-state index in [0.29, 0.717) is 0 Å². The monoisotopic (exact) mass is 353 g/mol. The van der Waals surface area contributed by atoms with Crippen molar-refractivity contribution in [2.24, 2.45) is 0 Å². The lowest BCUT2D eigenvalue weighted by molar-refractivity contribution is 0.0117. The van der Waals surface area contributed by atoms with Crippen LogP contribution in [0.2, 0.25) is 0 Å². The van der Waals surface area contributed by atoms with Gasteiger partial charge in [-0.2, -0.15) is 11.8 Å². The van der Waals surface area contributed by atoms with E-state index in [9.17, 15) is 9.18 Å². The number of ether oxygens (including phenoxy) is 1. The Morgan fingerprint density at radius 1 is 1.25 bits per heavy atom. The van der Waals surface area contributed by atoms with Crippen LogP contribution in [-0.2, 0) is 4.74 Å². The fourth-order valence-corrected chi connectivity index (χ4v) is 3.74. The molecule has 1 heterocycles. The maximum Gasteiger partial charge on any atom is 0.411 e. The predicted molar refractivity (Wildman–Crippen MR) is 97.8 cm³/mol. The first-order valence-electron chi connectivity index (χ1n) is 8.37. The molecule has 0 spiro atoms. The van der Waals surface area contributed by atoms with Crippen LogP contribution in [0.5, 0.6) is 0 Å². The Kier molecular flexibility index (Phi) is 5.53. The number of rotatable bonds is 3. The third kappa shape index (κ3) is 4.24. The number of amides is 1. The van der Waals surface area contributed by atoms with E-state index in [0.717, 1.165) is 18.4 Å². The van der Waals surface area contributed by atoms with Gasteiger partial charge in [-0.25, -0.2) is 9.18 Å². The van der Waals surface area contributed by atoms with Gasteiger partial charge in [0.15, 0.2) is 0 Å². The van der Waals surface area contributed by atoms with Gasteiger partial charge < -0.3 is 4.74 Å². The van der Waals surface area contributed by atoms with Gasteiger partial charge in [0.25, 0.3) is 0 Å². The van der Waals surface area contributed by atoms with Crippen molar-refractivity contribution in [2.75, 3.05) is 6.26 Å². The zero-order chi connectivity index (χ0) is 18.1. The molecule has 0 saturated carbocycles. The lowest BCUT2D eigenvalue weighted by Crippen LogP contribution is -2.49. The van der Waals surface area contributed by atoms with Gasteiger partial charge in [0.1, 0.15) is 11.4 Å². The molecule has 24 heavy (non-hydrogen) atoms. The average Bonchev–Trinajstić information content (AvgIpc) is 2.91. The molecule has 1 aliphatic rings. The number of halogens is 1. The Morgan fingerprint density at radius 3 is 2.46 bits per heavy atom. The maximum absolute atomic E-state index is 13.7. The van der Waals surface area contributed by atoms with Crippen molar-refractivity contribution in [3.05, 3.63) is 35.6 Å². The fraction of sp³-hybridized carbons (Fsp3) is 0.632. The molecule has 0 N–H and O–H groups in total. The molecule has 1 saturated heterocycles. The topological polar surface area (TPSA) is 29.5 Å². The summed E-state index contributed by atoms with van der Waals surface area (Å²) in [5, 5.41) is 0. The van der Waals surface area contributed by atoms with Crippen LogP contribution < -0.4 is 0 Å². The summed E-state index contributed by atoms with van der Waals surface area (Å²) < 4.78 is 19.2. The molecule has 1 fully saturated rings. The Hall–Kier alpha value is -1.23. The van der Waals surface area contributed by atoms with E-state index in [1.807, 2.05) is 31.7 Å². The van der Waals surface area contributed by atoms with Crippen molar-refractivity contribution in [1.82, 2.24) is 4.90 Å². The largest absolute Gasteiger partial charge is 0.444 e. The zero-order valence-electron chi connectivity index (χ0n) is 15.4. The third-order valence-electron chi connectivity index (χ3n) is 4.55. The van der Waals surface area contributed by atoms with Crippen LogP contribution in [0.4, 0.5) is 9.18 Å². The lowest BCUT2D eigenvalue weighted by atomic mass is 10.0. The number of benzene rings is 1. The van der Waals surface area contributed by atoms with Gasteiger partial charge in [0.2, 0.25) is 0 Å². The molecule has 134 valence electrons. The highest BCUT2D eigenvalue weighted by atomic mass is 32.2. The molecule has 0 unspecified atom stereocenters. The summed E-state index contributed by atoms with van der Waals surface area (Å²) in [5.74, 6) is -0.274. The van der Waals surface area contributed by atoms with Crippen LogP contribution in [0, 0.1) is 5.82 Å². The molecule has 1 amide bonds. The quantitative estimate of drug-likeness (QED) is 0.728. The first-order valence-corrected chi connectivity index (χ1v) is 9.59. The minimum atomic E-state index is -0.555. The predicted octanol–water partition coefficient (Wildman–Crippen LogP) is 5.41. The van der Waals surface area contributed by atoms with Crippen LogP contribution in [-0.4, -0.2) is 33.6 Å². The van der Waals surface area contributed by atoms with Crippen molar-refractivity contribution in [2.45, 2.75) is 69.9 Å². The summed E-state index contributed by atoms with van der Waals surface area (Å²) >= 11 is 1.74. The van der Waals surface area contributed by atoms with E-state index in [2.05, 4.69) is 20.1 Å². The molecule has 3 nitrogen and oxygen atoms in total. The second kappa shape index (κ2) is 6.95. The second-order valence-corrected chi connectivity index (χ2v) is 9.32. The van der Waals surface area contributed by atoms with E-state index in [4.69, 9.17) is 4.74 Å². The van der Waals surface area contributed by atoms with Gasteiger partial charge in [0.05, 0.1) is 6.04 Å². The third-order valence-corrected chi connectivity index (χ3v) is 5.88. The molecular formula is C19H28FNO2S. The summed E-state index contributed by atoms with van der Waals surface area (Å²) in [6, 6.07) is 6.45. The first kappa shape index (κ1) is 19.1. The van der Waals surface area contributed by atoms with E-state index in [-0.39, 0.29) is 28.7 Å². The Balaban J connectivity index is 2.38. The lowest BCUT2D eigenvalue weighted by Gasteiger charge is -2.39. The minimum Gasteiger partial charge on any atom is -0.444 e. The summed E-state index contributed by atoms with van der Waals surface area (Å²) in [6.07, 6.45) is 3.44. The molecule has 1 aliphatic heterocycles. The van der Waals surface area contributed by atoms with E-state index >= 15 is 0 Å². The molecule has 2 atom stereocenters. The van der Waals surface area contributed by atoms with E-state index in [1.165, 1.54) is 12.1 Å². The molecule has 1 aromatic carbocycles. The van der Waals surface area contributed by atoms with Crippen LogP contribution >= 0.6 is 11.8 Å². The van der Waals surface area contributed by atoms with Gasteiger partial charge in [-0.15, -0.1) is 0 Å². The fourth-order valence-electron chi connectivity index (χ4n) is 3.24. The van der Waals surface area contributed by atoms with Gasteiger partial charge in [-0.3, -0.25) is 4.90 Å². The highest BCUT2D eigenvalue weighted by Gasteiger charge is 2.46. The molecule has 1 aromatic rings. The van der Waals surface area contributed by atoms with Gasteiger partial charge in [-0.05, 0) is 71.4 Å². The summed E-state index contributed by atoms with van der Waals surface area (Å²) in [5.41, 5.74) is 0.278. The van der Waals surface area contributed by atoms with Crippen molar-refractivity contribution in [1.29, 1.82) is 0 Å². The molecule has 0 aliphatic carbocycles. The van der Waals surface area contributed by atoms with Crippen molar-refractivity contribution in [3.8, 4) is 0 Å². The Morgan fingerprint density at radius 2 is 1.92 bits per heavy atom. The molecule has 2 rings (SSSR count). The zero-order valence-corrected chi connectivity index (χ0v) is 16.2. The van der Waals surface area contributed by atoms with Crippen LogP contribution in [0.15, 0.2) is 24.3 Å². The molecule has 0 radical (unpaired) electrons. The van der Waals surface area contributed by atoms with Crippen LogP contribution in [0.1, 0.15) is 59.1 Å². The molecule has 0 aromatic heterocycles. The molecular weight excluding hydrogens is 325 g/mol. The number of carbonyl (C=O) groups excluding carboxylic acids is 1. The minimum absolute atomic E-state index is 0.0515. The van der Waals surface area contributed by atoms with Crippen LogP contribution in [0.3, 0.4) is 0 Å². The standard InChI is InChI=1S/C19H28FNO2S/c1-18(2,3)23-17(22)21-15(13-8-7-9-14(20)12-13)10-11-16(21)19(4,5)24-6/h7-9,12,15-16H,10-11H2,1-6H3/t15-,16+/m0/s1. The number of nitrogens with zero attached hydrogens (tertiary/aromatic N) is 1. The average molecular weight is 354 g/mol. The van der Waals surface area contributed by atoms with Gasteiger partial charge >= 0.3 is 6.09 Å². The van der Waals surface area contributed by atoms with Crippen LogP contribution in [0.25, 0.3) is 0 Å². The maximum atomic E-state index is 13.7. The number of thioether (sulfide) groups is 1. The number of likely N-dealkylation sites (tertiary alicyclic amines) is 1. The van der Waals surface area contributed by atoms with Crippen molar-refractivity contribution >= 4 is 17.9 Å². The summed E-state index contributed by atoms with van der Waals surface area (Å²) in [7, 11) is 0. The number of carbonyl (C=O) groups is 1. The normalized spacial score (nSPS) is 21.9. The van der Waals surface area contributed by atoms with Crippen molar-refractivity contribution in [3.63, 3.8) is 0 Å². The van der Waals surface area contributed by atoms with E-state index in [1.54, 1.807) is 17.8 Å². The Bertz CT molecular complexity index is 597. The number of hydrogen-bond acceptors (Lipinski definition) is 3. The summed E-state index contributed by atoms with van der Waals surface area (Å²) in [6.45, 7) is 9.90. The highest BCUT2D eigenvalue weighted by molar-refractivity contribution is 8.00. The van der Waals surface area contributed by atoms with Crippen molar-refractivity contribution < 1.29 is 13.9 Å². The highest BCUT2D eigenvalue weighted by Crippen LogP contribution is 2.44. The Labute approximate surface area is 148 Å². The molecule has 0 bridgehead atoms.